The van der Waals surface area contributed by atoms with Crippen LogP contribution in [0.25, 0.3) is 16.6 Å². The standard InChI is InChI=1S/C17H17N5OS3/c1-21-4-6-22(7-5-21)14-8-11(2-3-18-14)16-19-12(10-25-16)9-13-15(23)20-17(24)26-13/h2-3,8-10H,4-7H2,1H3,(H,20,23,24)/b13-9-. The minimum Gasteiger partial charge on any atom is -0.354 e. The summed E-state index contributed by atoms with van der Waals surface area (Å²) in [7, 11) is 2.14. The van der Waals surface area contributed by atoms with E-state index >= 15 is 0 Å². The highest BCUT2D eigenvalue weighted by Gasteiger charge is 2.22. The summed E-state index contributed by atoms with van der Waals surface area (Å²) in [6, 6.07) is 4.06. The van der Waals surface area contributed by atoms with Gasteiger partial charge in [0.05, 0.1) is 10.6 Å². The second-order valence-electron chi connectivity index (χ2n) is 6.12. The van der Waals surface area contributed by atoms with Gasteiger partial charge in [-0.3, -0.25) is 4.79 Å². The van der Waals surface area contributed by atoms with Gasteiger partial charge in [-0.2, -0.15) is 0 Å². The highest BCUT2D eigenvalue weighted by molar-refractivity contribution is 8.26. The Balaban J connectivity index is 1.54. The molecule has 4 heterocycles. The van der Waals surface area contributed by atoms with Gasteiger partial charge in [-0.05, 0) is 25.3 Å². The summed E-state index contributed by atoms with van der Waals surface area (Å²) in [5.41, 5.74) is 1.81. The molecule has 2 fully saturated rings. The fraction of sp³-hybridized carbons (Fsp3) is 0.294. The third kappa shape index (κ3) is 3.80. The fourth-order valence-corrected chi connectivity index (χ4v) is 4.60. The molecule has 0 radical (unpaired) electrons. The summed E-state index contributed by atoms with van der Waals surface area (Å²) in [6.45, 7) is 4.05. The maximum absolute atomic E-state index is 11.8. The number of pyridine rings is 1. The fourth-order valence-electron chi connectivity index (χ4n) is 2.80. The molecule has 0 aliphatic carbocycles. The molecule has 134 valence electrons. The van der Waals surface area contributed by atoms with Gasteiger partial charge >= 0.3 is 0 Å². The Hall–Kier alpha value is -1.81. The molecule has 0 unspecified atom stereocenters. The number of thiazole rings is 1. The third-order valence-corrected chi connectivity index (χ3v) is 6.33. The van der Waals surface area contributed by atoms with Gasteiger partial charge < -0.3 is 15.1 Å². The van der Waals surface area contributed by atoms with E-state index in [4.69, 9.17) is 12.2 Å². The Kier molecular flexibility index (Phi) is 5.03. The van der Waals surface area contributed by atoms with Crippen molar-refractivity contribution in [2.45, 2.75) is 0 Å². The molecular formula is C17H17N5OS3. The van der Waals surface area contributed by atoms with Crippen molar-refractivity contribution in [2.75, 3.05) is 38.1 Å². The van der Waals surface area contributed by atoms with Crippen molar-refractivity contribution < 1.29 is 4.79 Å². The van der Waals surface area contributed by atoms with Gasteiger partial charge in [-0.15, -0.1) is 11.3 Å². The Morgan fingerprint density at radius 3 is 2.85 bits per heavy atom. The number of hydrogen-bond acceptors (Lipinski definition) is 8. The topological polar surface area (TPSA) is 61.4 Å². The summed E-state index contributed by atoms with van der Waals surface area (Å²) in [5.74, 6) is 0.831. The number of piperazine rings is 1. The second-order valence-corrected chi connectivity index (χ2v) is 8.70. The van der Waals surface area contributed by atoms with Crippen LogP contribution >= 0.6 is 35.3 Å². The maximum atomic E-state index is 11.8. The SMILES string of the molecule is CN1CCN(c2cc(-c3nc(/C=C4\SC(=S)NC4=O)cs3)ccn2)CC1. The molecule has 1 amide bonds. The minimum atomic E-state index is -0.157. The Bertz CT molecular complexity index is 886. The van der Waals surface area contributed by atoms with Crippen molar-refractivity contribution in [3.05, 3.63) is 34.3 Å². The molecule has 2 aliphatic heterocycles. The molecule has 2 aliphatic rings. The molecule has 0 bridgehead atoms. The van der Waals surface area contributed by atoms with Crippen LogP contribution in [0, 0.1) is 0 Å². The predicted octanol–water partition coefficient (Wildman–Crippen LogP) is 2.45. The Morgan fingerprint density at radius 2 is 2.12 bits per heavy atom. The van der Waals surface area contributed by atoms with E-state index in [-0.39, 0.29) is 5.91 Å². The molecular weight excluding hydrogens is 386 g/mol. The van der Waals surface area contributed by atoms with Crippen LogP contribution in [-0.4, -0.2) is 58.3 Å². The lowest BCUT2D eigenvalue weighted by molar-refractivity contribution is -0.115. The van der Waals surface area contributed by atoms with E-state index in [9.17, 15) is 4.79 Å². The smallest absolute Gasteiger partial charge is 0.263 e. The minimum absolute atomic E-state index is 0.157. The van der Waals surface area contributed by atoms with Crippen molar-refractivity contribution in [2.24, 2.45) is 0 Å². The van der Waals surface area contributed by atoms with E-state index in [1.807, 2.05) is 17.6 Å². The second kappa shape index (κ2) is 7.43. The molecule has 9 heteroatoms. The number of nitrogens with one attached hydrogen (secondary N) is 1. The molecule has 26 heavy (non-hydrogen) atoms. The van der Waals surface area contributed by atoms with Gasteiger partial charge in [0, 0.05) is 43.3 Å². The zero-order valence-corrected chi connectivity index (χ0v) is 16.6. The number of anilines is 1. The van der Waals surface area contributed by atoms with Crippen molar-refractivity contribution in [1.82, 2.24) is 20.2 Å². The van der Waals surface area contributed by atoms with E-state index in [1.165, 1.54) is 11.8 Å². The van der Waals surface area contributed by atoms with Crippen LogP contribution in [0.4, 0.5) is 5.82 Å². The van der Waals surface area contributed by atoms with E-state index in [0.29, 0.717) is 9.23 Å². The lowest BCUT2D eigenvalue weighted by Crippen LogP contribution is -2.44. The molecule has 2 aromatic rings. The molecule has 6 nitrogen and oxygen atoms in total. The van der Waals surface area contributed by atoms with E-state index in [2.05, 4.69) is 38.2 Å². The zero-order valence-electron chi connectivity index (χ0n) is 14.1. The quantitative estimate of drug-likeness (QED) is 0.624. The first-order valence-electron chi connectivity index (χ1n) is 8.19. The van der Waals surface area contributed by atoms with E-state index in [1.54, 1.807) is 17.4 Å². The van der Waals surface area contributed by atoms with Crippen LogP contribution in [-0.2, 0) is 4.79 Å². The lowest BCUT2D eigenvalue weighted by Gasteiger charge is -2.33. The number of carbonyl (C=O) groups is 1. The Morgan fingerprint density at radius 1 is 1.31 bits per heavy atom. The normalized spacial score (nSPS) is 20.0. The molecule has 1 N–H and O–H groups in total. The van der Waals surface area contributed by atoms with Crippen molar-refractivity contribution in [3.8, 4) is 10.6 Å². The maximum Gasteiger partial charge on any atom is 0.263 e. The average Bonchev–Trinajstić information content (AvgIpc) is 3.22. The van der Waals surface area contributed by atoms with Crippen LogP contribution in [0.1, 0.15) is 5.69 Å². The van der Waals surface area contributed by atoms with Gasteiger partial charge in [0.25, 0.3) is 5.91 Å². The van der Waals surface area contributed by atoms with Gasteiger partial charge in [0.15, 0.2) is 0 Å². The monoisotopic (exact) mass is 403 g/mol. The summed E-state index contributed by atoms with van der Waals surface area (Å²) in [5, 5.41) is 5.49. The molecule has 4 rings (SSSR count). The summed E-state index contributed by atoms with van der Waals surface area (Å²) >= 11 is 7.84. The molecule has 0 atom stereocenters. The van der Waals surface area contributed by atoms with Crippen LogP contribution < -0.4 is 10.2 Å². The van der Waals surface area contributed by atoms with Gasteiger partial charge in [-0.25, -0.2) is 9.97 Å². The molecule has 2 saturated heterocycles. The van der Waals surface area contributed by atoms with Crippen LogP contribution in [0.5, 0.6) is 0 Å². The summed E-state index contributed by atoms with van der Waals surface area (Å²) < 4.78 is 0.489. The molecule has 0 aromatic carbocycles. The number of thiocarbonyl (C=S) groups is 1. The van der Waals surface area contributed by atoms with Crippen molar-refractivity contribution in [1.29, 1.82) is 0 Å². The Labute approximate surface area is 165 Å². The first kappa shape index (κ1) is 17.6. The largest absolute Gasteiger partial charge is 0.354 e. The van der Waals surface area contributed by atoms with Crippen molar-refractivity contribution in [3.63, 3.8) is 0 Å². The predicted molar refractivity (Wildman–Crippen MR) is 111 cm³/mol. The van der Waals surface area contributed by atoms with E-state index < -0.39 is 0 Å². The number of thioether (sulfide) groups is 1. The third-order valence-electron chi connectivity index (χ3n) is 4.26. The van der Waals surface area contributed by atoms with Crippen LogP contribution in [0.15, 0.2) is 28.6 Å². The van der Waals surface area contributed by atoms with Crippen LogP contribution in [0.2, 0.25) is 0 Å². The number of rotatable bonds is 3. The number of likely N-dealkylation sites (N-methyl/N-ethyl adjacent to an activating group) is 1. The van der Waals surface area contributed by atoms with Gasteiger partial charge in [-0.1, -0.05) is 24.0 Å². The first-order chi connectivity index (χ1) is 12.6. The highest BCUT2D eigenvalue weighted by Crippen LogP contribution is 2.30. The molecule has 0 saturated carbocycles. The van der Waals surface area contributed by atoms with E-state index in [0.717, 1.165) is 48.3 Å². The number of nitrogens with zero attached hydrogens (tertiary/aromatic N) is 4. The molecule has 0 spiro atoms. The van der Waals surface area contributed by atoms with Crippen LogP contribution in [0.3, 0.4) is 0 Å². The number of hydrogen-bond donors (Lipinski definition) is 1. The number of amides is 1. The molecule has 2 aromatic heterocycles. The average molecular weight is 404 g/mol. The zero-order chi connectivity index (χ0) is 18.1. The number of aromatic nitrogens is 2. The first-order valence-corrected chi connectivity index (χ1v) is 10.3. The lowest BCUT2D eigenvalue weighted by atomic mass is 10.2. The number of carbonyl (C=O) groups excluding carboxylic acids is 1. The van der Waals surface area contributed by atoms with Gasteiger partial charge in [0.1, 0.15) is 15.1 Å². The van der Waals surface area contributed by atoms with Gasteiger partial charge in [0.2, 0.25) is 0 Å². The highest BCUT2D eigenvalue weighted by atomic mass is 32.2. The van der Waals surface area contributed by atoms with Crippen molar-refractivity contribution >= 4 is 57.4 Å². The summed E-state index contributed by atoms with van der Waals surface area (Å²) in [4.78, 5) is 26.2. The summed E-state index contributed by atoms with van der Waals surface area (Å²) in [6.07, 6.45) is 3.61.